The quantitative estimate of drug-likeness (QED) is 0.246. The van der Waals surface area contributed by atoms with Crippen molar-refractivity contribution >= 4 is 29.8 Å². The summed E-state index contributed by atoms with van der Waals surface area (Å²) in [6, 6.07) is -1.75. The Morgan fingerprint density at radius 1 is 0.975 bits per heavy atom. The van der Waals surface area contributed by atoms with Crippen molar-refractivity contribution in [2.45, 2.75) is 88.9 Å². The SMILES string of the molecule is COC(=O)[C@@]1(O)C[C@H](N2CCC3(CC2)OCCO3)[C@@H](NC(C)=O)[C@H]([C@H](OC(C)=O)[C@@H](COC(C)=O)OC(C)=O)O1. The maximum Gasteiger partial charge on any atom is 0.366 e. The predicted molar refractivity (Wildman–Crippen MR) is 131 cm³/mol. The maximum atomic E-state index is 12.8. The minimum Gasteiger partial charge on any atom is -0.465 e. The smallest absolute Gasteiger partial charge is 0.366 e. The zero-order valence-electron chi connectivity index (χ0n) is 23.3. The molecule has 3 fully saturated rings. The van der Waals surface area contributed by atoms with Gasteiger partial charge in [0.2, 0.25) is 5.91 Å². The van der Waals surface area contributed by atoms with Crippen LogP contribution in [0.5, 0.6) is 0 Å². The molecule has 0 unspecified atom stereocenters. The fourth-order valence-corrected chi connectivity index (χ4v) is 5.44. The Hall–Kier alpha value is -2.85. The molecule has 6 atom stereocenters. The molecular weight excluding hydrogens is 536 g/mol. The topological polar surface area (TPSA) is 185 Å². The molecule has 3 aliphatic heterocycles. The van der Waals surface area contributed by atoms with Gasteiger partial charge in [-0.2, -0.15) is 0 Å². The first-order chi connectivity index (χ1) is 18.8. The first kappa shape index (κ1) is 31.7. The van der Waals surface area contributed by atoms with Crippen LogP contribution in [-0.2, 0) is 57.1 Å². The van der Waals surface area contributed by atoms with Crippen LogP contribution in [0, 0.1) is 0 Å². The number of ether oxygens (including phenoxy) is 7. The Balaban J connectivity index is 2.05. The van der Waals surface area contributed by atoms with Gasteiger partial charge in [-0.3, -0.25) is 24.1 Å². The van der Waals surface area contributed by atoms with Crippen LogP contribution < -0.4 is 5.32 Å². The van der Waals surface area contributed by atoms with Gasteiger partial charge < -0.3 is 43.6 Å². The lowest BCUT2D eigenvalue weighted by atomic mass is 9.84. The molecule has 1 amide bonds. The van der Waals surface area contributed by atoms with E-state index in [1.165, 1.54) is 6.92 Å². The molecule has 15 heteroatoms. The molecule has 0 aliphatic carbocycles. The van der Waals surface area contributed by atoms with E-state index in [9.17, 15) is 29.1 Å². The van der Waals surface area contributed by atoms with E-state index in [-0.39, 0.29) is 6.42 Å². The molecule has 15 nitrogen and oxygen atoms in total. The van der Waals surface area contributed by atoms with Crippen molar-refractivity contribution in [1.82, 2.24) is 10.2 Å². The summed E-state index contributed by atoms with van der Waals surface area (Å²) < 4.78 is 38.2. The second kappa shape index (κ2) is 13.2. The van der Waals surface area contributed by atoms with Gasteiger partial charge in [0.05, 0.1) is 26.4 Å². The average Bonchev–Trinajstić information content (AvgIpc) is 3.33. The molecule has 3 rings (SSSR count). The standard InChI is InChI=1S/C25H38N2O13/c1-14(28)26-20-18(27-8-6-24(7-9-27)36-10-11-37-24)12-25(33,23(32)34-5)40-22(20)21(39-17(4)31)19(38-16(3)30)13-35-15(2)29/h18-22,33H,6-13H2,1-5H3,(H,26,28)/t18-,19+,20+,21+,22+,25+/m0/s1. The maximum absolute atomic E-state index is 12.8. The predicted octanol–water partition coefficient (Wildman–Crippen LogP) is -1.22. The summed E-state index contributed by atoms with van der Waals surface area (Å²) in [5, 5.41) is 14.2. The number of esters is 4. The third-order valence-corrected chi connectivity index (χ3v) is 7.06. The molecule has 0 bridgehead atoms. The van der Waals surface area contributed by atoms with Crippen LogP contribution in [0.25, 0.3) is 0 Å². The lowest BCUT2D eigenvalue weighted by Crippen LogP contribution is -2.71. The monoisotopic (exact) mass is 574 g/mol. The summed E-state index contributed by atoms with van der Waals surface area (Å²) in [6.45, 7) is 5.81. The first-order valence-corrected chi connectivity index (χ1v) is 13.0. The zero-order chi connectivity index (χ0) is 29.7. The number of carbonyl (C=O) groups excluding carboxylic acids is 5. The lowest BCUT2D eigenvalue weighted by Gasteiger charge is -2.52. The van der Waals surface area contributed by atoms with Gasteiger partial charge in [-0.1, -0.05) is 0 Å². The van der Waals surface area contributed by atoms with Crippen molar-refractivity contribution < 1.29 is 62.2 Å². The molecule has 1 spiro atoms. The van der Waals surface area contributed by atoms with Gasteiger partial charge in [0.25, 0.3) is 5.79 Å². The highest BCUT2D eigenvalue weighted by molar-refractivity contribution is 5.78. The highest BCUT2D eigenvalue weighted by Gasteiger charge is 2.58. The summed E-state index contributed by atoms with van der Waals surface area (Å²) in [7, 11) is 1.07. The number of aliphatic hydroxyl groups is 1. The van der Waals surface area contributed by atoms with Crippen LogP contribution in [0.15, 0.2) is 0 Å². The molecule has 0 aromatic rings. The van der Waals surface area contributed by atoms with Crippen LogP contribution in [0.3, 0.4) is 0 Å². The van der Waals surface area contributed by atoms with E-state index in [0.29, 0.717) is 39.1 Å². The molecule has 2 N–H and O–H groups in total. The zero-order valence-corrected chi connectivity index (χ0v) is 23.3. The van der Waals surface area contributed by atoms with Crippen LogP contribution in [0.2, 0.25) is 0 Å². The van der Waals surface area contributed by atoms with Crippen molar-refractivity contribution in [2.24, 2.45) is 0 Å². The van der Waals surface area contributed by atoms with E-state index in [1.807, 2.05) is 4.90 Å². The van der Waals surface area contributed by atoms with Gasteiger partial charge in [0.1, 0.15) is 12.7 Å². The molecule has 226 valence electrons. The van der Waals surface area contributed by atoms with Crippen molar-refractivity contribution in [2.75, 3.05) is 40.0 Å². The van der Waals surface area contributed by atoms with Crippen molar-refractivity contribution in [3.05, 3.63) is 0 Å². The van der Waals surface area contributed by atoms with Gasteiger partial charge in [-0.15, -0.1) is 0 Å². The first-order valence-electron chi connectivity index (χ1n) is 13.0. The normalized spacial score (nSPS) is 29.6. The molecule has 0 aromatic carbocycles. The van der Waals surface area contributed by atoms with Gasteiger partial charge in [0.15, 0.2) is 18.0 Å². The number of nitrogens with one attached hydrogen (secondary N) is 1. The second-order valence-electron chi connectivity index (χ2n) is 10.0. The number of methoxy groups -OCH3 is 1. The number of rotatable bonds is 9. The molecule has 3 aliphatic rings. The van der Waals surface area contributed by atoms with Crippen LogP contribution in [-0.4, -0.2) is 122 Å². The van der Waals surface area contributed by atoms with Crippen molar-refractivity contribution in [1.29, 1.82) is 0 Å². The Bertz CT molecular complexity index is 958. The third-order valence-electron chi connectivity index (χ3n) is 7.06. The van der Waals surface area contributed by atoms with E-state index >= 15 is 0 Å². The molecule has 3 heterocycles. The number of carbonyl (C=O) groups is 5. The minimum atomic E-state index is -2.53. The molecular formula is C25H38N2O13. The Morgan fingerprint density at radius 2 is 1.57 bits per heavy atom. The highest BCUT2D eigenvalue weighted by atomic mass is 16.7. The summed E-state index contributed by atoms with van der Waals surface area (Å²) in [5.41, 5.74) is 0. The van der Waals surface area contributed by atoms with Crippen molar-refractivity contribution in [3.63, 3.8) is 0 Å². The van der Waals surface area contributed by atoms with E-state index in [0.717, 1.165) is 27.9 Å². The van der Waals surface area contributed by atoms with E-state index < -0.39 is 78.4 Å². The number of nitrogens with zero attached hydrogens (tertiary/aromatic N) is 1. The van der Waals surface area contributed by atoms with Crippen LogP contribution >= 0.6 is 0 Å². The number of piperidine rings is 1. The van der Waals surface area contributed by atoms with Gasteiger partial charge >= 0.3 is 23.9 Å². The molecule has 40 heavy (non-hydrogen) atoms. The number of likely N-dealkylation sites (tertiary alicyclic amines) is 1. The van der Waals surface area contributed by atoms with Gasteiger partial charge in [-0.25, -0.2) is 4.79 Å². The molecule has 0 saturated carbocycles. The molecule has 0 radical (unpaired) electrons. The van der Waals surface area contributed by atoms with E-state index in [1.54, 1.807) is 0 Å². The lowest BCUT2D eigenvalue weighted by molar-refractivity contribution is -0.295. The fourth-order valence-electron chi connectivity index (χ4n) is 5.44. The third kappa shape index (κ3) is 7.66. The van der Waals surface area contributed by atoms with E-state index in [2.05, 4.69) is 5.32 Å². The fraction of sp³-hybridized carbons (Fsp3) is 0.800. The number of hydrogen-bond acceptors (Lipinski definition) is 14. The van der Waals surface area contributed by atoms with Crippen molar-refractivity contribution in [3.8, 4) is 0 Å². The summed E-state index contributed by atoms with van der Waals surface area (Å²) in [6.07, 6.45) is -3.77. The highest BCUT2D eigenvalue weighted by Crippen LogP contribution is 2.38. The average molecular weight is 575 g/mol. The molecule has 3 saturated heterocycles. The van der Waals surface area contributed by atoms with Gasteiger partial charge in [0, 0.05) is 66.1 Å². The largest absolute Gasteiger partial charge is 0.465 e. The number of amides is 1. The summed E-state index contributed by atoms with van der Waals surface area (Å²) in [4.78, 5) is 62.9. The summed E-state index contributed by atoms with van der Waals surface area (Å²) >= 11 is 0. The van der Waals surface area contributed by atoms with Crippen LogP contribution in [0.1, 0.15) is 47.0 Å². The van der Waals surface area contributed by atoms with E-state index in [4.69, 9.17) is 33.2 Å². The number of hydrogen-bond donors (Lipinski definition) is 2. The minimum absolute atomic E-state index is 0.315. The Kier molecular flexibility index (Phi) is 10.5. The Morgan fingerprint density at radius 3 is 2.08 bits per heavy atom. The summed E-state index contributed by atoms with van der Waals surface area (Å²) in [5.74, 6) is -7.18. The second-order valence-corrected chi connectivity index (χ2v) is 10.0. The Labute approximate surface area is 231 Å². The van der Waals surface area contributed by atoms with Gasteiger partial charge in [-0.05, 0) is 0 Å². The molecule has 0 aromatic heterocycles. The van der Waals surface area contributed by atoms with Crippen LogP contribution in [0.4, 0.5) is 0 Å².